The second-order valence-electron chi connectivity index (χ2n) is 5.58. The van der Waals surface area contributed by atoms with Crippen molar-refractivity contribution in [1.82, 2.24) is 4.57 Å². The number of nitrogens with one attached hydrogen (secondary N) is 1. The molecular formula is C18H22N2O2. The number of carbonyl (C=O) groups is 1. The lowest BCUT2D eigenvalue weighted by Crippen LogP contribution is -2.31. The van der Waals surface area contributed by atoms with Crippen molar-refractivity contribution in [2.24, 2.45) is 0 Å². The topological polar surface area (TPSA) is 51.1 Å². The van der Waals surface area contributed by atoms with Gasteiger partial charge in [-0.15, -0.1) is 0 Å². The number of pyridine rings is 1. The van der Waals surface area contributed by atoms with Crippen LogP contribution in [0.5, 0.6) is 0 Å². The zero-order valence-corrected chi connectivity index (χ0v) is 13.5. The number of amides is 1. The Morgan fingerprint density at radius 2 is 1.95 bits per heavy atom. The molecule has 0 aliphatic heterocycles. The molecule has 1 aromatic heterocycles. The number of rotatable bonds is 4. The van der Waals surface area contributed by atoms with Crippen molar-refractivity contribution in [3.05, 3.63) is 63.6 Å². The van der Waals surface area contributed by atoms with E-state index < -0.39 is 6.04 Å². The van der Waals surface area contributed by atoms with Gasteiger partial charge in [0.1, 0.15) is 6.04 Å². The van der Waals surface area contributed by atoms with Gasteiger partial charge in [0.15, 0.2) is 0 Å². The standard InChI is InChI=1S/C18H22N2O2/c1-5-15-8-6-7-13(3)17(15)19-18(22)14(4)20-11-12(2)9-10-16(20)21/h6-11,14H,5H2,1-4H3,(H,19,22). The Bertz CT molecular complexity index is 747. The molecule has 2 aromatic rings. The summed E-state index contributed by atoms with van der Waals surface area (Å²) in [5.74, 6) is -0.184. The fourth-order valence-electron chi connectivity index (χ4n) is 2.47. The van der Waals surface area contributed by atoms with Gasteiger partial charge < -0.3 is 9.88 Å². The molecule has 116 valence electrons. The fraction of sp³-hybridized carbons (Fsp3) is 0.333. The molecule has 0 aliphatic rings. The number of hydrogen-bond acceptors (Lipinski definition) is 2. The van der Waals surface area contributed by atoms with Crippen LogP contribution in [-0.4, -0.2) is 10.5 Å². The molecule has 1 unspecified atom stereocenters. The first-order valence-corrected chi connectivity index (χ1v) is 7.52. The summed E-state index contributed by atoms with van der Waals surface area (Å²) >= 11 is 0. The highest BCUT2D eigenvalue weighted by Crippen LogP contribution is 2.22. The summed E-state index contributed by atoms with van der Waals surface area (Å²) in [5.41, 5.74) is 3.74. The molecular weight excluding hydrogens is 276 g/mol. The smallest absolute Gasteiger partial charge is 0.251 e. The number of aryl methyl sites for hydroxylation is 3. The third-order valence-corrected chi connectivity index (χ3v) is 3.87. The van der Waals surface area contributed by atoms with E-state index in [2.05, 4.69) is 12.2 Å². The number of carbonyl (C=O) groups excluding carboxylic acids is 1. The van der Waals surface area contributed by atoms with E-state index in [-0.39, 0.29) is 11.5 Å². The van der Waals surface area contributed by atoms with Crippen molar-refractivity contribution in [3.8, 4) is 0 Å². The number of hydrogen-bond donors (Lipinski definition) is 1. The average Bonchev–Trinajstić information content (AvgIpc) is 2.50. The third-order valence-electron chi connectivity index (χ3n) is 3.87. The number of nitrogens with zero attached hydrogens (tertiary/aromatic N) is 1. The quantitative estimate of drug-likeness (QED) is 0.942. The molecule has 1 aromatic carbocycles. The highest BCUT2D eigenvalue weighted by Gasteiger charge is 2.18. The highest BCUT2D eigenvalue weighted by molar-refractivity contribution is 5.94. The molecule has 1 atom stereocenters. The molecule has 0 fully saturated rings. The first kappa shape index (κ1) is 16.0. The molecule has 1 N–H and O–H groups in total. The molecule has 4 heteroatoms. The van der Waals surface area contributed by atoms with Crippen LogP contribution in [0.2, 0.25) is 0 Å². The van der Waals surface area contributed by atoms with E-state index in [0.29, 0.717) is 0 Å². The van der Waals surface area contributed by atoms with Gasteiger partial charge in [-0.3, -0.25) is 9.59 Å². The average molecular weight is 298 g/mol. The van der Waals surface area contributed by atoms with Gasteiger partial charge >= 0.3 is 0 Å². The van der Waals surface area contributed by atoms with Crippen LogP contribution in [0.1, 0.15) is 36.6 Å². The summed E-state index contributed by atoms with van der Waals surface area (Å²) < 4.78 is 1.47. The minimum Gasteiger partial charge on any atom is -0.324 e. The Morgan fingerprint density at radius 1 is 1.23 bits per heavy atom. The Balaban J connectivity index is 2.30. The second-order valence-corrected chi connectivity index (χ2v) is 5.58. The van der Waals surface area contributed by atoms with Crippen LogP contribution in [0, 0.1) is 13.8 Å². The van der Waals surface area contributed by atoms with Crippen LogP contribution in [0.25, 0.3) is 0 Å². The van der Waals surface area contributed by atoms with Crippen molar-refractivity contribution < 1.29 is 4.79 Å². The Kier molecular flexibility index (Phi) is 4.81. The zero-order chi connectivity index (χ0) is 16.3. The minimum absolute atomic E-state index is 0.172. The Labute approximate surface area is 130 Å². The lowest BCUT2D eigenvalue weighted by atomic mass is 10.1. The molecule has 0 spiro atoms. The van der Waals surface area contributed by atoms with Crippen LogP contribution >= 0.6 is 0 Å². The highest BCUT2D eigenvalue weighted by atomic mass is 16.2. The largest absolute Gasteiger partial charge is 0.324 e. The summed E-state index contributed by atoms with van der Waals surface area (Å²) in [6.45, 7) is 7.66. The molecule has 0 bridgehead atoms. The van der Waals surface area contributed by atoms with E-state index >= 15 is 0 Å². The van der Waals surface area contributed by atoms with Crippen LogP contribution in [0.4, 0.5) is 5.69 Å². The minimum atomic E-state index is -0.559. The molecule has 0 aliphatic carbocycles. The van der Waals surface area contributed by atoms with Gasteiger partial charge in [-0.25, -0.2) is 0 Å². The number of benzene rings is 1. The summed E-state index contributed by atoms with van der Waals surface area (Å²) in [7, 11) is 0. The van der Waals surface area contributed by atoms with Crippen LogP contribution in [0.15, 0.2) is 41.3 Å². The van der Waals surface area contributed by atoms with Gasteiger partial charge in [-0.2, -0.15) is 0 Å². The van der Waals surface area contributed by atoms with Crippen LogP contribution < -0.4 is 10.9 Å². The molecule has 0 radical (unpaired) electrons. The zero-order valence-electron chi connectivity index (χ0n) is 13.5. The van der Waals surface area contributed by atoms with Crippen LogP contribution in [-0.2, 0) is 11.2 Å². The number of anilines is 1. The molecule has 4 nitrogen and oxygen atoms in total. The Hall–Kier alpha value is -2.36. The van der Waals surface area contributed by atoms with Crippen molar-refractivity contribution in [2.75, 3.05) is 5.32 Å². The molecule has 0 saturated carbocycles. The van der Waals surface area contributed by atoms with Crippen LogP contribution in [0.3, 0.4) is 0 Å². The summed E-state index contributed by atoms with van der Waals surface area (Å²) in [4.78, 5) is 24.5. The number of aromatic nitrogens is 1. The maximum absolute atomic E-state index is 12.5. The molecule has 22 heavy (non-hydrogen) atoms. The predicted molar refractivity (Wildman–Crippen MR) is 89.3 cm³/mol. The van der Waals surface area contributed by atoms with E-state index in [0.717, 1.165) is 28.8 Å². The van der Waals surface area contributed by atoms with E-state index in [9.17, 15) is 9.59 Å². The van der Waals surface area contributed by atoms with Crippen molar-refractivity contribution >= 4 is 11.6 Å². The van der Waals surface area contributed by atoms with E-state index in [1.165, 1.54) is 10.6 Å². The van der Waals surface area contributed by atoms with Crippen molar-refractivity contribution in [1.29, 1.82) is 0 Å². The van der Waals surface area contributed by atoms with E-state index in [1.807, 2.05) is 32.0 Å². The van der Waals surface area contributed by atoms with Gasteiger partial charge in [-0.05, 0) is 43.9 Å². The van der Waals surface area contributed by atoms with Gasteiger partial charge in [-0.1, -0.05) is 31.2 Å². The van der Waals surface area contributed by atoms with Gasteiger partial charge in [0.25, 0.3) is 5.56 Å². The Morgan fingerprint density at radius 3 is 2.64 bits per heavy atom. The first-order chi connectivity index (χ1) is 10.4. The van der Waals surface area contributed by atoms with Gasteiger partial charge in [0.2, 0.25) is 5.91 Å². The summed E-state index contributed by atoms with van der Waals surface area (Å²) in [6, 6.07) is 8.64. The maximum atomic E-state index is 12.5. The molecule has 0 saturated heterocycles. The normalized spacial score (nSPS) is 12.0. The van der Waals surface area contributed by atoms with Gasteiger partial charge in [0, 0.05) is 18.0 Å². The molecule has 2 rings (SSSR count). The summed E-state index contributed by atoms with van der Waals surface area (Å²) in [6.07, 6.45) is 2.56. The SMILES string of the molecule is CCc1cccc(C)c1NC(=O)C(C)n1cc(C)ccc1=O. The lowest BCUT2D eigenvalue weighted by molar-refractivity contribution is -0.118. The molecule has 1 heterocycles. The third kappa shape index (κ3) is 3.27. The first-order valence-electron chi connectivity index (χ1n) is 7.52. The second kappa shape index (κ2) is 6.60. The van der Waals surface area contributed by atoms with E-state index in [4.69, 9.17) is 0 Å². The van der Waals surface area contributed by atoms with Gasteiger partial charge in [0.05, 0.1) is 0 Å². The lowest BCUT2D eigenvalue weighted by Gasteiger charge is -2.18. The van der Waals surface area contributed by atoms with E-state index in [1.54, 1.807) is 19.2 Å². The summed E-state index contributed by atoms with van der Waals surface area (Å²) in [5, 5.41) is 2.98. The monoisotopic (exact) mass is 298 g/mol. The fourth-order valence-corrected chi connectivity index (χ4v) is 2.47. The molecule has 1 amide bonds. The van der Waals surface area contributed by atoms with Crippen molar-refractivity contribution in [3.63, 3.8) is 0 Å². The predicted octanol–water partition coefficient (Wildman–Crippen LogP) is 3.23. The maximum Gasteiger partial charge on any atom is 0.251 e. The number of para-hydroxylation sites is 1. The van der Waals surface area contributed by atoms with Crippen molar-refractivity contribution in [2.45, 2.75) is 40.2 Å².